The lowest BCUT2D eigenvalue weighted by Gasteiger charge is -2.37. The van der Waals surface area contributed by atoms with Gasteiger partial charge in [0.1, 0.15) is 0 Å². The summed E-state index contributed by atoms with van der Waals surface area (Å²) in [5, 5.41) is 8.75. The summed E-state index contributed by atoms with van der Waals surface area (Å²) in [6.45, 7) is 1.17. The summed E-state index contributed by atoms with van der Waals surface area (Å²) in [5.74, 6) is -1.47. The van der Waals surface area contributed by atoms with Gasteiger partial charge in [-0.15, -0.1) is 0 Å². The third kappa shape index (κ3) is 2.29. The number of carboxylic acids is 1. The fourth-order valence-corrected chi connectivity index (χ4v) is 2.96. The zero-order chi connectivity index (χ0) is 13.3. The number of hydrogen-bond donors (Lipinski definition) is 1. The van der Waals surface area contributed by atoms with Gasteiger partial charge in [0.05, 0.1) is 13.2 Å². The van der Waals surface area contributed by atoms with Crippen molar-refractivity contribution in [3.05, 3.63) is 47.5 Å². The number of rotatable bonds is 2. The van der Waals surface area contributed by atoms with Gasteiger partial charge in [-0.3, -0.25) is 0 Å². The summed E-state index contributed by atoms with van der Waals surface area (Å²) in [7, 11) is 0. The number of benzene rings is 1. The molecule has 1 N–H and O–H groups in total. The minimum atomic E-state index is -0.916. The molecule has 4 nitrogen and oxygen atoms in total. The van der Waals surface area contributed by atoms with E-state index in [1.54, 1.807) is 6.08 Å². The quantitative estimate of drug-likeness (QED) is 0.827. The minimum Gasteiger partial charge on any atom is -0.478 e. The predicted octanol–water partition coefficient (Wildman–Crippen LogP) is 2.09. The van der Waals surface area contributed by atoms with Crippen LogP contribution in [-0.4, -0.2) is 24.3 Å². The Kier molecular flexibility index (Phi) is 3.12. The van der Waals surface area contributed by atoms with Crippen LogP contribution in [0.3, 0.4) is 0 Å². The molecule has 100 valence electrons. The highest BCUT2D eigenvalue weighted by molar-refractivity contribution is 5.79. The second kappa shape index (κ2) is 4.79. The van der Waals surface area contributed by atoms with Crippen LogP contribution in [-0.2, 0) is 26.5 Å². The Morgan fingerprint density at radius 2 is 2.05 bits per heavy atom. The number of carboxylic acid groups (broad SMARTS) is 1. The van der Waals surface area contributed by atoms with Gasteiger partial charge in [0.25, 0.3) is 0 Å². The van der Waals surface area contributed by atoms with Crippen LogP contribution in [0.4, 0.5) is 0 Å². The Bertz CT molecular complexity index is 515. The average molecular weight is 260 g/mol. The first kappa shape index (κ1) is 12.4. The van der Waals surface area contributed by atoms with Crippen molar-refractivity contribution in [2.45, 2.75) is 18.6 Å². The Hall–Kier alpha value is -1.65. The van der Waals surface area contributed by atoms with Gasteiger partial charge in [0.15, 0.2) is 5.79 Å². The molecule has 3 rings (SSSR count). The highest BCUT2D eigenvalue weighted by Gasteiger charge is 2.44. The lowest BCUT2D eigenvalue weighted by atomic mass is 9.79. The standard InChI is InChI=1S/C15H16O4/c16-14(17)6-5-11-9-12-3-1-2-4-13(12)15(10-11)18-7-8-19-15/h1-6,11H,7-10H2,(H,16,17). The lowest BCUT2D eigenvalue weighted by molar-refractivity contribution is -0.181. The number of fused-ring (bicyclic) bond motifs is 2. The molecule has 1 unspecified atom stereocenters. The van der Waals surface area contributed by atoms with Crippen LogP contribution >= 0.6 is 0 Å². The molecule has 0 amide bonds. The minimum absolute atomic E-state index is 0.129. The van der Waals surface area contributed by atoms with Crippen molar-refractivity contribution in [2.75, 3.05) is 13.2 Å². The molecular weight excluding hydrogens is 244 g/mol. The number of carbonyl (C=O) groups is 1. The van der Waals surface area contributed by atoms with Gasteiger partial charge in [0, 0.05) is 18.1 Å². The number of allylic oxidation sites excluding steroid dienone is 1. The van der Waals surface area contributed by atoms with Crippen molar-refractivity contribution in [1.82, 2.24) is 0 Å². The molecule has 1 spiro atoms. The van der Waals surface area contributed by atoms with Crippen molar-refractivity contribution in [1.29, 1.82) is 0 Å². The first-order valence-electron chi connectivity index (χ1n) is 6.47. The molecule has 19 heavy (non-hydrogen) atoms. The zero-order valence-electron chi connectivity index (χ0n) is 10.5. The third-order valence-electron chi connectivity index (χ3n) is 3.71. The SMILES string of the molecule is O=C(O)C=CC1Cc2ccccc2C2(C1)OCCO2. The molecular formula is C15H16O4. The Balaban J connectivity index is 1.94. The van der Waals surface area contributed by atoms with E-state index in [9.17, 15) is 4.79 Å². The summed E-state index contributed by atoms with van der Waals surface area (Å²) in [6, 6.07) is 8.07. The number of ether oxygens (including phenoxy) is 2. The molecule has 1 fully saturated rings. The molecule has 0 radical (unpaired) electrons. The van der Waals surface area contributed by atoms with E-state index in [1.807, 2.05) is 18.2 Å². The van der Waals surface area contributed by atoms with Crippen LogP contribution in [0, 0.1) is 5.92 Å². The van der Waals surface area contributed by atoms with E-state index in [-0.39, 0.29) is 5.92 Å². The van der Waals surface area contributed by atoms with Crippen LogP contribution in [0.1, 0.15) is 17.5 Å². The second-order valence-corrected chi connectivity index (χ2v) is 4.97. The van der Waals surface area contributed by atoms with E-state index < -0.39 is 11.8 Å². The summed E-state index contributed by atoms with van der Waals surface area (Å²) in [4.78, 5) is 10.7. The molecule has 0 aromatic heterocycles. The molecule has 0 saturated carbocycles. The highest BCUT2D eigenvalue weighted by Crippen LogP contribution is 2.44. The molecule has 1 aromatic rings. The van der Waals surface area contributed by atoms with Crippen molar-refractivity contribution >= 4 is 5.97 Å². The first-order valence-corrected chi connectivity index (χ1v) is 6.47. The van der Waals surface area contributed by atoms with E-state index in [0.29, 0.717) is 19.6 Å². The Morgan fingerprint density at radius 1 is 1.32 bits per heavy atom. The maximum Gasteiger partial charge on any atom is 0.327 e. The van der Waals surface area contributed by atoms with Crippen molar-refractivity contribution in [2.24, 2.45) is 5.92 Å². The van der Waals surface area contributed by atoms with E-state index in [0.717, 1.165) is 12.0 Å². The molecule has 1 aromatic carbocycles. The third-order valence-corrected chi connectivity index (χ3v) is 3.71. The topological polar surface area (TPSA) is 55.8 Å². The Labute approximate surface area is 111 Å². The maximum atomic E-state index is 10.7. The predicted molar refractivity (Wildman–Crippen MR) is 68.6 cm³/mol. The molecule has 4 heteroatoms. The van der Waals surface area contributed by atoms with Crippen LogP contribution in [0.2, 0.25) is 0 Å². The van der Waals surface area contributed by atoms with Gasteiger partial charge >= 0.3 is 5.97 Å². The van der Waals surface area contributed by atoms with Gasteiger partial charge in [0.2, 0.25) is 0 Å². The van der Waals surface area contributed by atoms with Crippen LogP contribution in [0.15, 0.2) is 36.4 Å². The summed E-state index contributed by atoms with van der Waals surface area (Å²) in [5.41, 5.74) is 2.27. The van der Waals surface area contributed by atoms with Crippen LogP contribution < -0.4 is 0 Å². The average Bonchev–Trinajstić information content (AvgIpc) is 2.86. The fraction of sp³-hybridized carbons (Fsp3) is 0.400. The molecule has 2 aliphatic rings. The van der Waals surface area contributed by atoms with Crippen molar-refractivity contribution in [3.8, 4) is 0 Å². The zero-order valence-corrected chi connectivity index (χ0v) is 10.5. The Morgan fingerprint density at radius 3 is 2.79 bits per heavy atom. The smallest absolute Gasteiger partial charge is 0.327 e. The van der Waals surface area contributed by atoms with E-state index in [1.165, 1.54) is 11.6 Å². The van der Waals surface area contributed by atoms with Gasteiger partial charge in [-0.1, -0.05) is 30.3 Å². The molecule has 1 aliphatic heterocycles. The second-order valence-electron chi connectivity index (χ2n) is 4.97. The van der Waals surface area contributed by atoms with Gasteiger partial charge < -0.3 is 14.6 Å². The highest BCUT2D eigenvalue weighted by atomic mass is 16.7. The molecule has 1 aliphatic carbocycles. The molecule has 0 bridgehead atoms. The van der Waals surface area contributed by atoms with Crippen LogP contribution in [0.25, 0.3) is 0 Å². The molecule has 1 atom stereocenters. The summed E-state index contributed by atoms with van der Waals surface area (Å²) < 4.78 is 11.7. The number of aliphatic carboxylic acids is 1. The largest absolute Gasteiger partial charge is 0.478 e. The number of hydrogen-bond acceptors (Lipinski definition) is 3. The van der Waals surface area contributed by atoms with Crippen LogP contribution in [0.5, 0.6) is 0 Å². The van der Waals surface area contributed by atoms with Gasteiger partial charge in [-0.05, 0) is 17.9 Å². The fourth-order valence-electron chi connectivity index (χ4n) is 2.96. The van der Waals surface area contributed by atoms with E-state index in [4.69, 9.17) is 14.6 Å². The van der Waals surface area contributed by atoms with E-state index >= 15 is 0 Å². The summed E-state index contributed by atoms with van der Waals surface area (Å²) >= 11 is 0. The lowest BCUT2D eigenvalue weighted by Crippen LogP contribution is -2.35. The summed E-state index contributed by atoms with van der Waals surface area (Å²) in [6.07, 6.45) is 4.45. The normalized spacial score (nSPS) is 24.7. The van der Waals surface area contributed by atoms with Crippen molar-refractivity contribution < 1.29 is 19.4 Å². The monoisotopic (exact) mass is 260 g/mol. The van der Waals surface area contributed by atoms with E-state index in [2.05, 4.69) is 6.07 Å². The maximum absolute atomic E-state index is 10.7. The van der Waals surface area contributed by atoms with Gasteiger partial charge in [-0.2, -0.15) is 0 Å². The first-order chi connectivity index (χ1) is 9.20. The van der Waals surface area contributed by atoms with Crippen molar-refractivity contribution in [3.63, 3.8) is 0 Å². The molecule has 1 heterocycles. The molecule has 1 saturated heterocycles. The van der Waals surface area contributed by atoms with Gasteiger partial charge in [-0.25, -0.2) is 4.79 Å².